The van der Waals surface area contributed by atoms with E-state index in [9.17, 15) is 5.11 Å². The average molecular weight is 218 g/mol. The summed E-state index contributed by atoms with van der Waals surface area (Å²) in [4.78, 5) is 0. The molecule has 86 valence electrons. The largest absolute Gasteiger partial charge is 0.507 e. The van der Waals surface area contributed by atoms with E-state index in [-0.39, 0.29) is 0 Å². The van der Waals surface area contributed by atoms with Gasteiger partial charge in [0.1, 0.15) is 18.5 Å². The smallest absolute Gasteiger partial charge is 0.145 e. The van der Waals surface area contributed by atoms with E-state index in [2.05, 4.69) is 31.3 Å². The molecule has 0 bridgehead atoms. The van der Waals surface area contributed by atoms with Crippen LogP contribution in [0.5, 0.6) is 0 Å². The second-order valence-corrected chi connectivity index (χ2v) is 4.92. The van der Waals surface area contributed by atoms with Crippen LogP contribution in [0, 0.1) is 0 Å². The molecule has 0 aromatic heterocycles. The predicted octanol–water partition coefficient (Wildman–Crippen LogP) is 3.22. The monoisotopic (exact) mass is 218 g/mol. The zero-order chi connectivity index (χ0) is 11.4. The van der Waals surface area contributed by atoms with Gasteiger partial charge in [-0.25, -0.2) is 0 Å². The summed E-state index contributed by atoms with van der Waals surface area (Å²) in [5.41, 5.74) is 1.33. The van der Waals surface area contributed by atoms with Crippen LogP contribution in [-0.4, -0.2) is 23.2 Å². The molecule has 1 N–H and O–H groups in total. The maximum atomic E-state index is 9.75. The minimum atomic E-state index is 0.552. The number of nitrogens with zero attached hydrogens (tertiary/aromatic N) is 1. The lowest BCUT2D eigenvalue weighted by molar-refractivity contribution is -0.873. The predicted molar refractivity (Wildman–Crippen MR) is 65.8 cm³/mol. The molecule has 2 rings (SSSR count). The van der Waals surface area contributed by atoms with Crippen LogP contribution in [0.1, 0.15) is 24.8 Å². The Hall–Kier alpha value is -1.28. The molecule has 0 saturated carbocycles. The molecule has 0 spiro atoms. The second kappa shape index (κ2) is 4.71. The molecule has 1 aromatic rings. The number of quaternary nitrogens is 1. The van der Waals surface area contributed by atoms with Crippen molar-refractivity contribution in [2.24, 2.45) is 0 Å². The van der Waals surface area contributed by atoms with Crippen molar-refractivity contribution < 1.29 is 9.59 Å². The summed E-state index contributed by atoms with van der Waals surface area (Å²) in [5.74, 6) is 0.552. The lowest BCUT2D eigenvalue weighted by atomic mass is 10.2. The number of hydrogen-bond acceptors (Lipinski definition) is 1. The number of aliphatic hydroxyl groups is 1. The molecule has 1 atom stereocenters. The third kappa shape index (κ3) is 2.86. The van der Waals surface area contributed by atoms with Gasteiger partial charge in [-0.2, -0.15) is 0 Å². The fourth-order valence-corrected chi connectivity index (χ4v) is 2.39. The third-order valence-electron chi connectivity index (χ3n) is 3.20. The molecule has 0 saturated heterocycles. The van der Waals surface area contributed by atoms with Gasteiger partial charge in [0.25, 0.3) is 0 Å². The van der Waals surface area contributed by atoms with Gasteiger partial charge in [-0.15, -0.1) is 0 Å². The number of aliphatic hydroxyl groups excluding tert-OH is 1. The molecule has 1 heterocycles. The SMILES string of the molecule is C[N+]1(Cc2ccccc2)C=C(O)CCCC1. The van der Waals surface area contributed by atoms with E-state index in [0.29, 0.717) is 5.76 Å². The van der Waals surface area contributed by atoms with Crippen LogP contribution in [0.15, 0.2) is 42.3 Å². The Kier molecular flexibility index (Phi) is 3.30. The van der Waals surface area contributed by atoms with Gasteiger partial charge in [-0.1, -0.05) is 30.3 Å². The fraction of sp³-hybridized carbons (Fsp3) is 0.429. The van der Waals surface area contributed by atoms with Crippen LogP contribution in [0.2, 0.25) is 0 Å². The molecule has 16 heavy (non-hydrogen) atoms. The Labute approximate surface area is 97.4 Å². The summed E-state index contributed by atoms with van der Waals surface area (Å²) < 4.78 is 0.815. The molecule has 1 aliphatic heterocycles. The molecule has 1 aromatic carbocycles. The zero-order valence-electron chi connectivity index (χ0n) is 9.89. The van der Waals surface area contributed by atoms with Gasteiger partial charge >= 0.3 is 0 Å². The van der Waals surface area contributed by atoms with E-state index in [1.54, 1.807) is 0 Å². The van der Waals surface area contributed by atoms with E-state index in [1.165, 1.54) is 12.0 Å². The van der Waals surface area contributed by atoms with Crippen molar-refractivity contribution in [1.29, 1.82) is 0 Å². The zero-order valence-corrected chi connectivity index (χ0v) is 9.89. The van der Waals surface area contributed by atoms with Crippen LogP contribution in [0.3, 0.4) is 0 Å². The standard InChI is InChI=1S/C14H19NO/c1-15(10-6-5-9-14(16)12-15)11-13-7-3-2-4-8-13/h2-4,7-8,12H,5-6,9-11H2,1H3/p+1. The van der Waals surface area contributed by atoms with Crippen LogP contribution >= 0.6 is 0 Å². The highest BCUT2D eigenvalue weighted by Gasteiger charge is 2.23. The minimum Gasteiger partial charge on any atom is -0.507 e. The van der Waals surface area contributed by atoms with Gasteiger partial charge in [-0.05, 0) is 12.8 Å². The van der Waals surface area contributed by atoms with Crippen LogP contribution < -0.4 is 0 Å². The quantitative estimate of drug-likeness (QED) is 0.756. The maximum absolute atomic E-state index is 9.75. The Morgan fingerprint density at radius 3 is 2.69 bits per heavy atom. The van der Waals surface area contributed by atoms with Gasteiger partial charge in [0.05, 0.1) is 13.6 Å². The van der Waals surface area contributed by atoms with Crippen molar-refractivity contribution in [3.63, 3.8) is 0 Å². The van der Waals surface area contributed by atoms with E-state index in [1.807, 2.05) is 12.3 Å². The Balaban J connectivity index is 2.15. The molecular weight excluding hydrogens is 198 g/mol. The first-order chi connectivity index (χ1) is 7.68. The summed E-state index contributed by atoms with van der Waals surface area (Å²) in [6.07, 6.45) is 5.14. The number of allylic oxidation sites excluding steroid dienone is 1. The molecule has 0 aliphatic carbocycles. The molecule has 0 radical (unpaired) electrons. The summed E-state index contributed by atoms with van der Waals surface area (Å²) in [5, 5.41) is 9.75. The van der Waals surface area contributed by atoms with Crippen molar-refractivity contribution in [1.82, 2.24) is 0 Å². The summed E-state index contributed by atoms with van der Waals surface area (Å²) >= 11 is 0. The lowest BCUT2D eigenvalue weighted by Gasteiger charge is -2.29. The van der Waals surface area contributed by atoms with Crippen molar-refractivity contribution in [3.8, 4) is 0 Å². The first kappa shape index (κ1) is 11.2. The average Bonchev–Trinajstić information content (AvgIpc) is 2.41. The minimum absolute atomic E-state index is 0.552. The Morgan fingerprint density at radius 2 is 1.94 bits per heavy atom. The molecular formula is C14H20NO+. The lowest BCUT2D eigenvalue weighted by Crippen LogP contribution is -2.38. The highest BCUT2D eigenvalue weighted by atomic mass is 16.3. The van der Waals surface area contributed by atoms with Crippen molar-refractivity contribution >= 4 is 0 Å². The molecule has 1 unspecified atom stereocenters. The molecule has 0 amide bonds. The maximum Gasteiger partial charge on any atom is 0.145 e. The van der Waals surface area contributed by atoms with Crippen LogP contribution in [-0.2, 0) is 6.54 Å². The first-order valence-electron chi connectivity index (χ1n) is 5.97. The van der Waals surface area contributed by atoms with Crippen molar-refractivity contribution in [2.45, 2.75) is 25.8 Å². The summed E-state index contributed by atoms with van der Waals surface area (Å²) in [6.45, 7) is 2.07. The topological polar surface area (TPSA) is 20.2 Å². The van der Waals surface area contributed by atoms with Gasteiger partial charge in [-0.3, -0.25) is 4.48 Å². The van der Waals surface area contributed by atoms with Gasteiger partial charge in [0.2, 0.25) is 0 Å². The number of rotatable bonds is 2. The van der Waals surface area contributed by atoms with Crippen molar-refractivity contribution in [3.05, 3.63) is 47.9 Å². The molecule has 1 aliphatic rings. The third-order valence-corrected chi connectivity index (χ3v) is 3.20. The Morgan fingerprint density at radius 1 is 1.19 bits per heavy atom. The number of hydrogen-bond donors (Lipinski definition) is 1. The van der Waals surface area contributed by atoms with E-state index >= 15 is 0 Å². The van der Waals surface area contributed by atoms with Crippen LogP contribution in [0.4, 0.5) is 0 Å². The fourth-order valence-electron chi connectivity index (χ4n) is 2.39. The van der Waals surface area contributed by atoms with Gasteiger partial charge < -0.3 is 5.11 Å². The Bertz CT molecular complexity index is 372. The highest BCUT2D eigenvalue weighted by Crippen LogP contribution is 2.21. The summed E-state index contributed by atoms with van der Waals surface area (Å²) in [7, 11) is 2.19. The second-order valence-electron chi connectivity index (χ2n) is 4.92. The number of benzene rings is 1. The van der Waals surface area contributed by atoms with Crippen molar-refractivity contribution in [2.75, 3.05) is 13.6 Å². The first-order valence-corrected chi connectivity index (χ1v) is 5.97. The van der Waals surface area contributed by atoms with Gasteiger partial charge in [0.15, 0.2) is 0 Å². The molecule has 0 fully saturated rings. The van der Waals surface area contributed by atoms with E-state index in [0.717, 1.165) is 30.4 Å². The normalized spacial score (nSPS) is 25.9. The summed E-state index contributed by atoms with van der Waals surface area (Å²) in [6, 6.07) is 10.5. The molecule has 2 heteroatoms. The van der Waals surface area contributed by atoms with E-state index < -0.39 is 0 Å². The van der Waals surface area contributed by atoms with E-state index in [4.69, 9.17) is 0 Å². The highest BCUT2D eigenvalue weighted by molar-refractivity contribution is 5.13. The van der Waals surface area contributed by atoms with Crippen LogP contribution in [0.25, 0.3) is 0 Å². The van der Waals surface area contributed by atoms with Gasteiger partial charge in [0, 0.05) is 12.0 Å². The molecule has 2 nitrogen and oxygen atoms in total.